The number of rotatable bonds is 4. The Morgan fingerprint density at radius 1 is 1.44 bits per heavy atom. The summed E-state index contributed by atoms with van der Waals surface area (Å²) >= 11 is 0. The molecule has 3 atom stereocenters. The quantitative estimate of drug-likeness (QED) is 0.830. The summed E-state index contributed by atoms with van der Waals surface area (Å²) in [7, 11) is 1.88. The lowest BCUT2D eigenvalue weighted by atomic mass is 10.0. The van der Waals surface area contributed by atoms with Crippen molar-refractivity contribution in [1.82, 2.24) is 5.32 Å². The zero-order chi connectivity index (χ0) is 11.7. The Bertz CT molecular complexity index is 378. The molecule has 1 nitrogen and oxygen atoms in total. The van der Waals surface area contributed by atoms with Crippen LogP contribution in [0.4, 0.5) is 8.78 Å². The molecule has 3 heteroatoms. The highest BCUT2D eigenvalue weighted by molar-refractivity contribution is 5.20. The van der Waals surface area contributed by atoms with Gasteiger partial charge in [-0.25, -0.2) is 8.78 Å². The molecule has 1 aliphatic carbocycles. The smallest absolute Gasteiger partial charge is 0.162 e. The van der Waals surface area contributed by atoms with E-state index >= 15 is 0 Å². The minimum atomic E-state index is -0.754. The van der Waals surface area contributed by atoms with E-state index in [4.69, 9.17) is 0 Å². The molecule has 0 radical (unpaired) electrons. The van der Waals surface area contributed by atoms with E-state index in [0.717, 1.165) is 6.07 Å². The van der Waals surface area contributed by atoms with Crippen molar-refractivity contribution in [3.05, 3.63) is 35.4 Å². The summed E-state index contributed by atoms with van der Waals surface area (Å²) in [5, 5.41) is 3.20. The summed E-state index contributed by atoms with van der Waals surface area (Å²) in [6.07, 6.45) is 1.75. The molecule has 1 aromatic carbocycles. The van der Waals surface area contributed by atoms with E-state index in [1.54, 1.807) is 12.1 Å². The van der Waals surface area contributed by atoms with Gasteiger partial charge in [-0.15, -0.1) is 0 Å². The van der Waals surface area contributed by atoms with Crippen molar-refractivity contribution in [2.75, 3.05) is 7.05 Å². The van der Waals surface area contributed by atoms with Gasteiger partial charge in [-0.2, -0.15) is 0 Å². The zero-order valence-corrected chi connectivity index (χ0v) is 9.63. The van der Waals surface area contributed by atoms with Crippen LogP contribution in [-0.2, 0) is 6.42 Å². The van der Waals surface area contributed by atoms with Crippen LogP contribution >= 0.6 is 0 Å². The van der Waals surface area contributed by atoms with E-state index in [2.05, 4.69) is 12.2 Å². The molecule has 0 bridgehead atoms. The van der Waals surface area contributed by atoms with E-state index in [1.165, 1.54) is 6.42 Å². The highest BCUT2D eigenvalue weighted by Crippen LogP contribution is 2.41. The largest absolute Gasteiger partial charge is 0.316 e. The van der Waals surface area contributed by atoms with Gasteiger partial charge in [-0.3, -0.25) is 0 Å². The Balaban J connectivity index is 2.10. The summed E-state index contributed by atoms with van der Waals surface area (Å²) in [4.78, 5) is 0. The predicted molar refractivity (Wildman–Crippen MR) is 60.2 cm³/mol. The Morgan fingerprint density at radius 2 is 2.12 bits per heavy atom. The normalized spacial score (nSPS) is 25.5. The third-order valence-electron chi connectivity index (χ3n) is 3.53. The van der Waals surface area contributed by atoms with Gasteiger partial charge in [0.2, 0.25) is 0 Å². The Morgan fingerprint density at radius 3 is 2.69 bits per heavy atom. The topological polar surface area (TPSA) is 12.0 Å². The summed E-state index contributed by atoms with van der Waals surface area (Å²) < 4.78 is 26.5. The molecule has 0 heterocycles. The minimum Gasteiger partial charge on any atom is -0.316 e. The van der Waals surface area contributed by atoms with Gasteiger partial charge < -0.3 is 5.32 Å². The molecule has 0 amide bonds. The first kappa shape index (κ1) is 11.5. The highest BCUT2D eigenvalue weighted by Gasteiger charge is 2.38. The monoisotopic (exact) mass is 225 g/mol. The van der Waals surface area contributed by atoms with Gasteiger partial charge in [0.15, 0.2) is 11.6 Å². The van der Waals surface area contributed by atoms with E-state index in [-0.39, 0.29) is 6.04 Å². The lowest BCUT2D eigenvalue weighted by Crippen LogP contribution is -2.30. The lowest BCUT2D eigenvalue weighted by molar-refractivity contribution is 0.453. The first-order valence-electron chi connectivity index (χ1n) is 5.73. The molecular weight excluding hydrogens is 208 g/mol. The summed E-state index contributed by atoms with van der Waals surface area (Å²) in [6, 6.07) is 4.64. The maximum Gasteiger partial charge on any atom is 0.162 e. The summed E-state index contributed by atoms with van der Waals surface area (Å²) in [5.74, 6) is -0.144. The maximum atomic E-state index is 13.5. The van der Waals surface area contributed by atoms with Crippen molar-refractivity contribution >= 4 is 0 Å². The SMILES string of the molecule is CNC(Cc1cccc(F)c1F)C1CC1C. The third-order valence-corrected chi connectivity index (χ3v) is 3.53. The van der Waals surface area contributed by atoms with E-state index in [0.29, 0.717) is 23.8 Å². The van der Waals surface area contributed by atoms with Crippen LogP contribution in [0, 0.1) is 23.5 Å². The number of nitrogens with one attached hydrogen (secondary N) is 1. The van der Waals surface area contributed by atoms with Crippen molar-refractivity contribution in [3.63, 3.8) is 0 Å². The average molecular weight is 225 g/mol. The van der Waals surface area contributed by atoms with Crippen LogP contribution in [0.2, 0.25) is 0 Å². The maximum absolute atomic E-state index is 13.5. The van der Waals surface area contributed by atoms with Gasteiger partial charge in [0, 0.05) is 6.04 Å². The molecule has 3 unspecified atom stereocenters. The highest BCUT2D eigenvalue weighted by atomic mass is 19.2. The van der Waals surface area contributed by atoms with Crippen molar-refractivity contribution in [1.29, 1.82) is 0 Å². The molecule has 1 fully saturated rings. The van der Waals surface area contributed by atoms with Crippen LogP contribution < -0.4 is 5.32 Å². The van der Waals surface area contributed by atoms with Crippen LogP contribution in [-0.4, -0.2) is 13.1 Å². The fraction of sp³-hybridized carbons (Fsp3) is 0.538. The van der Waals surface area contributed by atoms with E-state index in [1.807, 2.05) is 7.05 Å². The standard InChI is InChI=1S/C13H17F2N/c1-8-6-10(8)12(16-2)7-9-4-3-5-11(14)13(9)15/h3-5,8,10,12,16H,6-7H2,1-2H3. The molecule has 1 aromatic rings. The Hall–Kier alpha value is -0.960. The second kappa shape index (κ2) is 4.50. The molecule has 0 spiro atoms. The molecule has 0 saturated heterocycles. The van der Waals surface area contributed by atoms with Gasteiger partial charge in [-0.1, -0.05) is 19.1 Å². The molecule has 0 aliphatic heterocycles. The van der Waals surface area contributed by atoms with Gasteiger partial charge in [-0.05, 0) is 43.4 Å². The first-order valence-corrected chi connectivity index (χ1v) is 5.73. The minimum absolute atomic E-state index is 0.256. The molecule has 2 rings (SSSR count). The summed E-state index contributed by atoms with van der Waals surface area (Å²) in [5.41, 5.74) is 0.471. The van der Waals surface area contributed by atoms with Crippen molar-refractivity contribution < 1.29 is 8.78 Å². The molecule has 0 aromatic heterocycles. The van der Waals surface area contributed by atoms with Gasteiger partial charge in [0.25, 0.3) is 0 Å². The second-order valence-corrected chi connectivity index (χ2v) is 4.69. The predicted octanol–water partition coefficient (Wildman–Crippen LogP) is 2.75. The molecule has 88 valence electrons. The molecule has 1 aliphatic rings. The van der Waals surface area contributed by atoms with E-state index in [9.17, 15) is 8.78 Å². The fourth-order valence-electron chi connectivity index (χ4n) is 2.32. The van der Waals surface area contributed by atoms with E-state index < -0.39 is 11.6 Å². The van der Waals surface area contributed by atoms with Crippen LogP contribution in [0.5, 0.6) is 0 Å². The van der Waals surface area contributed by atoms with Crippen LogP contribution in [0.25, 0.3) is 0 Å². The molecule has 1 saturated carbocycles. The fourth-order valence-corrected chi connectivity index (χ4v) is 2.32. The van der Waals surface area contributed by atoms with Crippen molar-refractivity contribution in [2.45, 2.75) is 25.8 Å². The number of benzene rings is 1. The Kier molecular flexibility index (Phi) is 3.24. The number of halogens is 2. The van der Waals surface area contributed by atoms with Crippen LogP contribution in [0.15, 0.2) is 18.2 Å². The number of hydrogen-bond donors (Lipinski definition) is 1. The first-order chi connectivity index (χ1) is 7.63. The molecule has 16 heavy (non-hydrogen) atoms. The molecular formula is C13H17F2N. The van der Waals surface area contributed by atoms with Crippen LogP contribution in [0.1, 0.15) is 18.9 Å². The summed E-state index contributed by atoms with van der Waals surface area (Å²) in [6.45, 7) is 2.19. The van der Waals surface area contributed by atoms with Crippen molar-refractivity contribution in [2.24, 2.45) is 11.8 Å². The zero-order valence-electron chi connectivity index (χ0n) is 9.63. The third kappa shape index (κ3) is 2.24. The van der Waals surface area contributed by atoms with Gasteiger partial charge in [0.1, 0.15) is 0 Å². The van der Waals surface area contributed by atoms with Gasteiger partial charge in [0.05, 0.1) is 0 Å². The van der Waals surface area contributed by atoms with Gasteiger partial charge >= 0.3 is 0 Å². The van der Waals surface area contributed by atoms with Crippen LogP contribution in [0.3, 0.4) is 0 Å². The lowest BCUT2D eigenvalue weighted by Gasteiger charge is -2.16. The second-order valence-electron chi connectivity index (χ2n) is 4.69. The molecule has 1 N–H and O–H groups in total. The number of hydrogen-bond acceptors (Lipinski definition) is 1. The number of likely N-dealkylation sites (N-methyl/N-ethyl adjacent to an activating group) is 1. The van der Waals surface area contributed by atoms with Crippen molar-refractivity contribution in [3.8, 4) is 0 Å². The Labute approximate surface area is 94.9 Å². The average Bonchev–Trinajstić information content (AvgIpc) is 2.98.